The van der Waals surface area contributed by atoms with Crippen molar-refractivity contribution in [1.29, 1.82) is 0 Å². The number of benzene rings is 3. The highest BCUT2D eigenvalue weighted by Crippen LogP contribution is 2.18. The van der Waals surface area contributed by atoms with Crippen molar-refractivity contribution < 1.29 is 17.5 Å². The molecule has 0 heterocycles. The number of nitrogens with one attached hydrogen (secondary N) is 1. The van der Waals surface area contributed by atoms with Crippen molar-refractivity contribution in [3.8, 4) is 5.75 Å². The molecule has 0 spiro atoms. The van der Waals surface area contributed by atoms with Crippen molar-refractivity contribution in [2.75, 3.05) is 6.61 Å². The van der Waals surface area contributed by atoms with Crippen LogP contribution in [-0.2, 0) is 10.0 Å². The molecule has 0 aliphatic heterocycles. The summed E-state index contributed by atoms with van der Waals surface area (Å²) in [6.45, 7) is 6.60. The summed E-state index contributed by atoms with van der Waals surface area (Å²) in [5, 5.41) is 4.18. The van der Waals surface area contributed by atoms with Gasteiger partial charge in [0.2, 0.25) is 0 Å². The largest absolute Gasteiger partial charge is 0.493 e. The van der Waals surface area contributed by atoms with Gasteiger partial charge in [0.1, 0.15) is 11.6 Å². The van der Waals surface area contributed by atoms with Crippen LogP contribution in [0.25, 0.3) is 0 Å². The minimum atomic E-state index is -3.86. The quantitative estimate of drug-likeness (QED) is 0.400. The summed E-state index contributed by atoms with van der Waals surface area (Å²) in [5.74, 6) is 0.712. The van der Waals surface area contributed by atoms with E-state index in [4.69, 9.17) is 4.74 Å². The second-order valence-electron chi connectivity index (χ2n) is 7.60. The molecule has 0 aliphatic carbocycles. The van der Waals surface area contributed by atoms with Gasteiger partial charge in [-0.1, -0.05) is 31.5 Å². The maximum atomic E-state index is 13.4. The molecular weight excluding hydrogens is 415 g/mol. The van der Waals surface area contributed by atoms with Crippen molar-refractivity contribution in [1.82, 2.24) is 4.83 Å². The molecule has 0 bridgehead atoms. The number of aryl methyl sites for hydroxylation is 1. The summed E-state index contributed by atoms with van der Waals surface area (Å²) in [4.78, 5) is 2.41. The maximum absolute atomic E-state index is 13.4. The van der Waals surface area contributed by atoms with Crippen LogP contribution in [0.3, 0.4) is 0 Å². The summed E-state index contributed by atoms with van der Waals surface area (Å²) in [7, 11) is -3.86. The first kappa shape index (κ1) is 22.5. The lowest BCUT2D eigenvalue weighted by Gasteiger charge is -2.12. The van der Waals surface area contributed by atoms with Gasteiger partial charge in [-0.25, -0.2) is 4.39 Å². The first-order chi connectivity index (χ1) is 14.7. The van der Waals surface area contributed by atoms with E-state index in [1.807, 2.05) is 6.92 Å². The molecule has 0 amide bonds. The van der Waals surface area contributed by atoms with E-state index in [9.17, 15) is 12.8 Å². The van der Waals surface area contributed by atoms with Crippen LogP contribution in [0.5, 0.6) is 5.75 Å². The first-order valence-corrected chi connectivity index (χ1v) is 11.4. The number of ether oxygens (including phenoxy) is 1. The Kier molecular flexibility index (Phi) is 7.07. The highest BCUT2D eigenvalue weighted by molar-refractivity contribution is 7.89. The van der Waals surface area contributed by atoms with Crippen LogP contribution in [-0.4, -0.2) is 20.7 Å². The molecule has 0 fully saturated rings. The number of halogens is 1. The van der Waals surface area contributed by atoms with Gasteiger partial charge in [0, 0.05) is 11.1 Å². The second kappa shape index (κ2) is 9.75. The van der Waals surface area contributed by atoms with E-state index in [0.29, 0.717) is 35.1 Å². The first-order valence-electron chi connectivity index (χ1n) is 9.90. The summed E-state index contributed by atoms with van der Waals surface area (Å²) in [5.41, 5.74) is 2.55. The van der Waals surface area contributed by atoms with Gasteiger partial charge in [-0.3, -0.25) is 0 Å². The van der Waals surface area contributed by atoms with Gasteiger partial charge in [-0.05, 0) is 73.5 Å². The number of sulfonamides is 1. The average molecular weight is 441 g/mol. The van der Waals surface area contributed by atoms with Gasteiger partial charge in [-0.15, -0.1) is 0 Å². The second-order valence-corrected chi connectivity index (χ2v) is 9.27. The Labute approximate surface area is 182 Å². The minimum absolute atomic E-state index is 0.109. The number of hydrazone groups is 1. The van der Waals surface area contributed by atoms with Crippen LogP contribution in [0.2, 0.25) is 0 Å². The molecule has 7 heteroatoms. The average Bonchev–Trinajstić information content (AvgIpc) is 2.74. The molecule has 0 unspecified atom stereocenters. The molecule has 5 nitrogen and oxygen atoms in total. The Morgan fingerprint density at radius 3 is 2.03 bits per heavy atom. The molecule has 0 radical (unpaired) electrons. The molecule has 0 saturated carbocycles. The van der Waals surface area contributed by atoms with Crippen LogP contribution < -0.4 is 9.57 Å². The number of hydrogen-bond donors (Lipinski definition) is 1. The van der Waals surface area contributed by atoms with E-state index in [0.717, 1.165) is 5.56 Å². The van der Waals surface area contributed by atoms with Gasteiger partial charge in [-0.2, -0.15) is 18.4 Å². The van der Waals surface area contributed by atoms with Gasteiger partial charge < -0.3 is 4.74 Å². The van der Waals surface area contributed by atoms with Crippen molar-refractivity contribution in [2.45, 2.75) is 25.7 Å². The standard InChI is InChI=1S/C24H25FN2O3S/c1-17(2)16-30-22-12-8-20(9-13-22)24(19-6-10-21(25)11-7-19)26-27-31(28,29)23-14-4-18(3)5-15-23/h4-15,17,27H,16H2,1-3H3. The third kappa shape index (κ3) is 6.15. The number of hydrogen-bond acceptors (Lipinski definition) is 4. The van der Waals surface area contributed by atoms with E-state index in [-0.39, 0.29) is 10.7 Å². The van der Waals surface area contributed by atoms with Crippen LogP contribution in [0.1, 0.15) is 30.5 Å². The number of rotatable bonds is 8. The molecule has 1 N–H and O–H groups in total. The maximum Gasteiger partial charge on any atom is 0.276 e. The van der Waals surface area contributed by atoms with E-state index in [2.05, 4.69) is 23.8 Å². The Morgan fingerprint density at radius 2 is 1.48 bits per heavy atom. The fourth-order valence-corrected chi connectivity index (χ4v) is 3.56. The fraction of sp³-hybridized carbons (Fsp3) is 0.208. The lowest BCUT2D eigenvalue weighted by Crippen LogP contribution is -2.21. The zero-order valence-corrected chi connectivity index (χ0v) is 18.5. The monoisotopic (exact) mass is 440 g/mol. The van der Waals surface area contributed by atoms with Crippen LogP contribution in [0.4, 0.5) is 4.39 Å². The van der Waals surface area contributed by atoms with E-state index in [1.165, 1.54) is 24.3 Å². The molecule has 0 atom stereocenters. The SMILES string of the molecule is Cc1ccc(S(=O)(=O)NN=C(c2ccc(F)cc2)c2ccc(OCC(C)C)cc2)cc1. The van der Waals surface area contributed by atoms with Gasteiger partial charge in [0.25, 0.3) is 10.0 Å². The van der Waals surface area contributed by atoms with E-state index in [1.54, 1.807) is 48.5 Å². The zero-order valence-electron chi connectivity index (χ0n) is 17.7. The Hall–Kier alpha value is -3.19. The lowest BCUT2D eigenvalue weighted by atomic mass is 10.0. The number of nitrogens with zero attached hydrogens (tertiary/aromatic N) is 1. The molecule has 162 valence electrons. The van der Waals surface area contributed by atoms with Gasteiger partial charge >= 0.3 is 0 Å². The van der Waals surface area contributed by atoms with Crippen LogP contribution in [0.15, 0.2) is 82.8 Å². The smallest absolute Gasteiger partial charge is 0.276 e. The topological polar surface area (TPSA) is 67.8 Å². The van der Waals surface area contributed by atoms with Gasteiger partial charge in [0.15, 0.2) is 0 Å². The van der Waals surface area contributed by atoms with Crippen molar-refractivity contribution in [2.24, 2.45) is 11.0 Å². The van der Waals surface area contributed by atoms with Crippen molar-refractivity contribution in [3.05, 3.63) is 95.3 Å². The fourth-order valence-electron chi connectivity index (χ4n) is 2.75. The van der Waals surface area contributed by atoms with E-state index < -0.39 is 10.0 Å². The third-order valence-electron chi connectivity index (χ3n) is 4.44. The molecule has 31 heavy (non-hydrogen) atoms. The summed E-state index contributed by atoms with van der Waals surface area (Å²) in [6, 6.07) is 19.4. The minimum Gasteiger partial charge on any atom is -0.493 e. The Morgan fingerprint density at radius 1 is 0.935 bits per heavy atom. The highest BCUT2D eigenvalue weighted by Gasteiger charge is 2.15. The Balaban J connectivity index is 1.93. The molecule has 0 aromatic heterocycles. The summed E-state index contributed by atoms with van der Waals surface area (Å²) >= 11 is 0. The van der Waals surface area contributed by atoms with Crippen molar-refractivity contribution >= 4 is 15.7 Å². The highest BCUT2D eigenvalue weighted by atomic mass is 32.2. The lowest BCUT2D eigenvalue weighted by molar-refractivity contribution is 0.271. The molecule has 3 rings (SSSR count). The summed E-state index contributed by atoms with van der Waals surface area (Å²) < 4.78 is 44.5. The molecule has 0 aliphatic rings. The van der Waals surface area contributed by atoms with E-state index >= 15 is 0 Å². The Bertz CT molecular complexity index is 1140. The van der Waals surface area contributed by atoms with Crippen LogP contribution in [0, 0.1) is 18.7 Å². The predicted octanol–water partition coefficient (Wildman–Crippen LogP) is 4.90. The molecule has 0 saturated heterocycles. The van der Waals surface area contributed by atoms with Gasteiger partial charge in [0.05, 0.1) is 17.2 Å². The normalized spacial score (nSPS) is 12.1. The van der Waals surface area contributed by atoms with Crippen LogP contribution >= 0.6 is 0 Å². The van der Waals surface area contributed by atoms with Crippen molar-refractivity contribution in [3.63, 3.8) is 0 Å². The molecule has 3 aromatic rings. The third-order valence-corrected chi connectivity index (χ3v) is 5.66. The summed E-state index contributed by atoms with van der Waals surface area (Å²) in [6.07, 6.45) is 0. The molecule has 3 aromatic carbocycles. The predicted molar refractivity (Wildman–Crippen MR) is 120 cm³/mol. The molecular formula is C24H25FN2O3S. The zero-order chi connectivity index (χ0) is 22.4.